The molecule has 0 spiro atoms. The third-order valence-corrected chi connectivity index (χ3v) is 3.64. The Balaban J connectivity index is 2.69. The van der Waals surface area contributed by atoms with Gasteiger partial charge >= 0.3 is 5.97 Å². The number of carbonyl (C=O) groups is 1. The molecular weight excluding hydrogens is 271 g/mol. The molecule has 1 rings (SSSR count). The molecule has 0 radical (unpaired) electrons. The van der Waals surface area contributed by atoms with E-state index in [0.717, 1.165) is 19.3 Å². The fraction of sp³-hybridized carbons (Fsp3) is 0.588. The molecule has 0 saturated carbocycles. The van der Waals surface area contributed by atoms with Crippen molar-refractivity contribution in [1.82, 2.24) is 0 Å². The fourth-order valence-corrected chi connectivity index (χ4v) is 2.28. The standard InChI is InChI=1S/C17H25FO3/c1-12(2)8-6-4-5-7-9-13-10-11-17(3,18)15(19)14(13)16(20)21/h7,9-12,15,19H,4-6,8H2,1-3H3,(H,20,21). The Labute approximate surface area is 125 Å². The maximum absolute atomic E-state index is 14.0. The first kappa shape index (κ1) is 17.6. The van der Waals surface area contributed by atoms with Crippen molar-refractivity contribution in [3.8, 4) is 0 Å². The zero-order valence-electron chi connectivity index (χ0n) is 13.0. The minimum absolute atomic E-state index is 0.277. The lowest BCUT2D eigenvalue weighted by Gasteiger charge is -2.28. The third kappa shape index (κ3) is 5.12. The van der Waals surface area contributed by atoms with Gasteiger partial charge in [-0.15, -0.1) is 0 Å². The van der Waals surface area contributed by atoms with Crippen molar-refractivity contribution in [2.75, 3.05) is 0 Å². The number of aliphatic hydroxyl groups excluding tert-OH is 1. The number of unbranched alkanes of at least 4 members (excludes halogenated alkanes) is 2. The highest BCUT2D eigenvalue weighted by Crippen LogP contribution is 2.31. The summed E-state index contributed by atoms with van der Waals surface area (Å²) < 4.78 is 14.0. The van der Waals surface area contributed by atoms with Gasteiger partial charge in [-0.2, -0.15) is 0 Å². The predicted octanol–water partition coefficient (Wildman–Crippen LogP) is 3.80. The van der Waals surface area contributed by atoms with Gasteiger partial charge < -0.3 is 10.2 Å². The summed E-state index contributed by atoms with van der Waals surface area (Å²) in [5.74, 6) is -0.593. The Hall–Kier alpha value is -1.42. The van der Waals surface area contributed by atoms with Gasteiger partial charge in [0.1, 0.15) is 6.10 Å². The number of alkyl halides is 1. The average Bonchev–Trinajstić information content (AvgIpc) is 2.37. The van der Waals surface area contributed by atoms with E-state index in [1.165, 1.54) is 25.5 Å². The second kappa shape index (κ2) is 7.55. The van der Waals surface area contributed by atoms with Gasteiger partial charge in [0.15, 0.2) is 5.67 Å². The number of halogens is 1. The molecule has 0 bridgehead atoms. The lowest BCUT2D eigenvalue weighted by atomic mass is 9.85. The monoisotopic (exact) mass is 296 g/mol. The highest BCUT2D eigenvalue weighted by molar-refractivity contribution is 5.91. The van der Waals surface area contributed by atoms with E-state index in [-0.39, 0.29) is 5.57 Å². The van der Waals surface area contributed by atoms with Crippen LogP contribution in [0, 0.1) is 5.92 Å². The molecule has 118 valence electrons. The largest absolute Gasteiger partial charge is 0.478 e. The quantitative estimate of drug-likeness (QED) is 0.703. The Bertz CT molecular complexity index is 459. The number of rotatable bonds is 7. The molecule has 1 aliphatic carbocycles. The van der Waals surface area contributed by atoms with Crippen molar-refractivity contribution >= 4 is 5.97 Å². The molecule has 3 nitrogen and oxygen atoms in total. The van der Waals surface area contributed by atoms with E-state index in [1.54, 1.807) is 6.08 Å². The fourth-order valence-electron chi connectivity index (χ4n) is 2.28. The van der Waals surface area contributed by atoms with Crippen molar-refractivity contribution in [1.29, 1.82) is 0 Å². The minimum Gasteiger partial charge on any atom is -0.478 e. The van der Waals surface area contributed by atoms with Crippen LogP contribution in [0.15, 0.2) is 35.5 Å². The Kier molecular flexibility index (Phi) is 6.34. The number of aliphatic hydroxyl groups is 1. The number of allylic oxidation sites excluding steroid dienone is 4. The molecule has 4 heteroatoms. The zero-order valence-corrected chi connectivity index (χ0v) is 13.0. The predicted molar refractivity (Wildman–Crippen MR) is 81.8 cm³/mol. The first-order valence-corrected chi connectivity index (χ1v) is 7.46. The molecule has 0 aromatic carbocycles. The summed E-state index contributed by atoms with van der Waals surface area (Å²) in [7, 11) is 0. The van der Waals surface area contributed by atoms with Crippen LogP contribution in [0.3, 0.4) is 0 Å². The van der Waals surface area contributed by atoms with Crippen molar-refractivity contribution in [2.45, 2.75) is 58.2 Å². The van der Waals surface area contributed by atoms with Gasteiger partial charge in [0.05, 0.1) is 5.57 Å². The van der Waals surface area contributed by atoms with Crippen LogP contribution in [0.1, 0.15) is 46.5 Å². The third-order valence-electron chi connectivity index (χ3n) is 3.64. The van der Waals surface area contributed by atoms with E-state index >= 15 is 0 Å². The molecular formula is C17H25FO3. The van der Waals surface area contributed by atoms with E-state index in [9.17, 15) is 14.3 Å². The molecule has 21 heavy (non-hydrogen) atoms. The van der Waals surface area contributed by atoms with E-state index in [2.05, 4.69) is 13.8 Å². The zero-order chi connectivity index (χ0) is 16.0. The first-order valence-electron chi connectivity index (χ1n) is 7.46. The van der Waals surface area contributed by atoms with Gasteiger partial charge in [0, 0.05) is 0 Å². The van der Waals surface area contributed by atoms with Crippen LogP contribution in [0.25, 0.3) is 0 Å². The summed E-state index contributed by atoms with van der Waals surface area (Å²) in [5.41, 5.74) is -1.95. The normalized spacial score (nSPS) is 26.1. The first-order chi connectivity index (χ1) is 9.75. The smallest absolute Gasteiger partial charge is 0.334 e. The molecule has 2 atom stereocenters. The minimum atomic E-state index is -2.04. The highest BCUT2D eigenvalue weighted by atomic mass is 19.1. The van der Waals surface area contributed by atoms with Gasteiger partial charge in [-0.05, 0) is 37.3 Å². The molecule has 0 aliphatic heterocycles. The molecule has 0 saturated heterocycles. The van der Waals surface area contributed by atoms with Crippen LogP contribution < -0.4 is 0 Å². The number of aliphatic carboxylic acids is 1. The summed E-state index contributed by atoms with van der Waals surface area (Å²) in [4.78, 5) is 11.2. The van der Waals surface area contributed by atoms with Crippen molar-refractivity contribution in [2.24, 2.45) is 5.92 Å². The van der Waals surface area contributed by atoms with Gasteiger partial charge in [-0.25, -0.2) is 9.18 Å². The average molecular weight is 296 g/mol. The van der Waals surface area contributed by atoms with Crippen LogP contribution in [0.5, 0.6) is 0 Å². The summed E-state index contributed by atoms with van der Waals surface area (Å²) in [5, 5.41) is 19.0. The Morgan fingerprint density at radius 3 is 2.71 bits per heavy atom. The maximum Gasteiger partial charge on any atom is 0.334 e. The second-order valence-electron chi connectivity index (χ2n) is 6.14. The molecule has 0 fully saturated rings. The van der Waals surface area contributed by atoms with Crippen LogP contribution in [-0.4, -0.2) is 28.0 Å². The van der Waals surface area contributed by atoms with E-state index in [0.29, 0.717) is 11.5 Å². The number of hydrogen-bond donors (Lipinski definition) is 2. The van der Waals surface area contributed by atoms with Crippen molar-refractivity contribution < 1.29 is 19.4 Å². The van der Waals surface area contributed by atoms with Crippen LogP contribution >= 0.6 is 0 Å². The SMILES string of the molecule is CC(C)CCCCC=CC1=C(C(=O)O)C(O)C(C)(F)C=C1. The molecule has 0 amide bonds. The summed E-state index contributed by atoms with van der Waals surface area (Å²) >= 11 is 0. The Morgan fingerprint density at radius 2 is 2.14 bits per heavy atom. The van der Waals surface area contributed by atoms with Crippen LogP contribution in [-0.2, 0) is 4.79 Å². The second-order valence-corrected chi connectivity index (χ2v) is 6.14. The lowest BCUT2D eigenvalue weighted by Crippen LogP contribution is -2.39. The summed E-state index contributed by atoms with van der Waals surface area (Å²) in [6.07, 6.45) is 8.75. The lowest BCUT2D eigenvalue weighted by molar-refractivity contribution is -0.134. The van der Waals surface area contributed by atoms with Crippen molar-refractivity contribution in [3.63, 3.8) is 0 Å². The molecule has 0 heterocycles. The molecule has 1 aliphatic rings. The van der Waals surface area contributed by atoms with Crippen LogP contribution in [0.4, 0.5) is 4.39 Å². The maximum atomic E-state index is 14.0. The molecule has 0 aromatic rings. The van der Waals surface area contributed by atoms with Gasteiger partial charge in [0.25, 0.3) is 0 Å². The van der Waals surface area contributed by atoms with Crippen LogP contribution in [0.2, 0.25) is 0 Å². The van der Waals surface area contributed by atoms with E-state index in [4.69, 9.17) is 5.11 Å². The van der Waals surface area contributed by atoms with Gasteiger partial charge in [0.2, 0.25) is 0 Å². The highest BCUT2D eigenvalue weighted by Gasteiger charge is 2.39. The number of carboxylic acids is 1. The Morgan fingerprint density at radius 1 is 1.48 bits per heavy atom. The van der Waals surface area contributed by atoms with Crippen molar-refractivity contribution in [3.05, 3.63) is 35.5 Å². The van der Waals surface area contributed by atoms with Gasteiger partial charge in [-0.3, -0.25) is 0 Å². The molecule has 2 N–H and O–H groups in total. The van der Waals surface area contributed by atoms with Gasteiger partial charge in [-0.1, -0.05) is 44.9 Å². The topological polar surface area (TPSA) is 57.5 Å². The summed E-state index contributed by atoms with van der Waals surface area (Å²) in [6.45, 7) is 5.54. The molecule has 0 aromatic heterocycles. The van der Waals surface area contributed by atoms with E-state index in [1.807, 2.05) is 6.08 Å². The van der Waals surface area contributed by atoms with E-state index < -0.39 is 17.7 Å². The number of carboxylic acid groups (broad SMARTS) is 1. The summed E-state index contributed by atoms with van der Waals surface area (Å²) in [6, 6.07) is 0. The number of hydrogen-bond acceptors (Lipinski definition) is 2. The molecule has 2 unspecified atom stereocenters.